The van der Waals surface area contributed by atoms with Gasteiger partial charge in [-0.05, 0) is 41.8 Å². The molecule has 0 fully saturated rings. The van der Waals surface area contributed by atoms with Crippen LogP contribution in [0.3, 0.4) is 0 Å². The third-order valence-electron chi connectivity index (χ3n) is 3.09. The molecule has 104 valence electrons. The molecule has 0 amide bonds. The third-order valence-corrected chi connectivity index (χ3v) is 3.34. The van der Waals surface area contributed by atoms with Crippen LogP contribution in [0.5, 0.6) is 0 Å². The summed E-state index contributed by atoms with van der Waals surface area (Å²) in [4.78, 5) is 6.55. The zero-order valence-corrected chi connectivity index (χ0v) is 12.6. The molecule has 2 aromatic carbocycles. The highest BCUT2D eigenvalue weighted by Crippen LogP contribution is 2.11. The van der Waals surface area contributed by atoms with Gasteiger partial charge < -0.3 is 4.90 Å². The topological polar surface area (TPSA) is 15.6 Å². The van der Waals surface area contributed by atoms with E-state index in [0.717, 1.165) is 23.6 Å². The summed E-state index contributed by atoms with van der Waals surface area (Å²) in [6.45, 7) is 0.789. The van der Waals surface area contributed by atoms with Gasteiger partial charge >= 0.3 is 0 Å². The number of anilines is 1. The Hall–Kier alpha value is -1.80. The second-order valence-electron chi connectivity index (χ2n) is 4.90. The average Bonchev–Trinajstić information content (AvgIpc) is 2.46. The minimum Gasteiger partial charge on any atom is -0.378 e. The molecule has 0 aliphatic carbocycles. The Bertz CT molecular complexity index is 557. The van der Waals surface area contributed by atoms with E-state index in [2.05, 4.69) is 34.2 Å². The first-order chi connectivity index (χ1) is 9.65. The average molecular weight is 287 g/mol. The number of hydrogen-bond acceptors (Lipinski definition) is 2. The molecule has 0 atom stereocenters. The van der Waals surface area contributed by atoms with Crippen LogP contribution in [-0.2, 0) is 6.42 Å². The lowest BCUT2D eigenvalue weighted by molar-refractivity contribution is 0.973. The van der Waals surface area contributed by atoms with Gasteiger partial charge in [0.2, 0.25) is 0 Å². The lowest BCUT2D eigenvalue weighted by atomic mass is 10.1. The second-order valence-corrected chi connectivity index (χ2v) is 5.33. The molecule has 2 aromatic rings. The molecular weight excluding hydrogens is 268 g/mol. The van der Waals surface area contributed by atoms with Crippen LogP contribution in [0.15, 0.2) is 53.5 Å². The van der Waals surface area contributed by atoms with Gasteiger partial charge in [0.25, 0.3) is 0 Å². The minimum atomic E-state index is 0.776. The van der Waals surface area contributed by atoms with Crippen molar-refractivity contribution >= 4 is 23.5 Å². The van der Waals surface area contributed by atoms with Gasteiger partial charge in [-0.25, -0.2) is 0 Å². The Labute approximate surface area is 125 Å². The highest BCUT2D eigenvalue weighted by molar-refractivity contribution is 6.30. The number of nitrogens with zero attached hydrogens (tertiary/aromatic N) is 2. The maximum Gasteiger partial charge on any atom is 0.0429 e. The van der Waals surface area contributed by atoms with Gasteiger partial charge in [0.1, 0.15) is 0 Å². The molecule has 0 saturated heterocycles. The van der Waals surface area contributed by atoms with Crippen molar-refractivity contribution in [1.29, 1.82) is 0 Å². The highest BCUT2D eigenvalue weighted by Gasteiger charge is 1.94. The van der Waals surface area contributed by atoms with Crippen molar-refractivity contribution in [3.05, 3.63) is 64.7 Å². The molecule has 3 heteroatoms. The van der Waals surface area contributed by atoms with Gasteiger partial charge in [-0.3, -0.25) is 4.99 Å². The van der Waals surface area contributed by atoms with Gasteiger partial charge in [0, 0.05) is 37.6 Å². The molecule has 0 saturated carbocycles. The Morgan fingerprint density at radius 2 is 1.65 bits per heavy atom. The summed E-state index contributed by atoms with van der Waals surface area (Å²) >= 11 is 5.85. The fourth-order valence-corrected chi connectivity index (χ4v) is 2.00. The van der Waals surface area contributed by atoms with Crippen LogP contribution in [0.25, 0.3) is 0 Å². The number of rotatable bonds is 5. The predicted octanol–water partition coefficient (Wildman–Crippen LogP) is 4.07. The van der Waals surface area contributed by atoms with E-state index < -0.39 is 0 Å². The van der Waals surface area contributed by atoms with E-state index in [0.29, 0.717) is 0 Å². The highest BCUT2D eigenvalue weighted by atomic mass is 35.5. The molecule has 20 heavy (non-hydrogen) atoms. The van der Waals surface area contributed by atoms with Crippen LogP contribution >= 0.6 is 11.6 Å². The SMILES string of the molecule is CN(C)c1ccc(C=NCCc2ccc(Cl)cc2)cc1. The smallest absolute Gasteiger partial charge is 0.0429 e. The van der Waals surface area contributed by atoms with Crippen LogP contribution in [0, 0.1) is 0 Å². The quantitative estimate of drug-likeness (QED) is 0.757. The van der Waals surface area contributed by atoms with Crippen LogP contribution in [0.4, 0.5) is 5.69 Å². The molecule has 0 aliphatic heterocycles. The maximum atomic E-state index is 5.85. The normalized spacial score (nSPS) is 10.9. The summed E-state index contributed by atoms with van der Waals surface area (Å²) in [5.41, 5.74) is 3.59. The van der Waals surface area contributed by atoms with Crippen molar-refractivity contribution in [3.8, 4) is 0 Å². The molecule has 2 nitrogen and oxygen atoms in total. The van der Waals surface area contributed by atoms with E-state index in [1.165, 1.54) is 11.3 Å². The van der Waals surface area contributed by atoms with Crippen molar-refractivity contribution in [2.75, 3.05) is 25.5 Å². The Morgan fingerprint density at radius 1 is 1.00 bits per heavy atom. The van der Waals surface area contributed by atoms with Gasteiger partial charge in [-0.1, -0.05) is 35.9 Å². The van der Waals surface area contributed by atoms with E-state index in [1.807, 2.05) is 44.6 Å². The first kappa shape index (κ1) is 14.6. The summed E-state index contributed by atoms with van der Waals surface area (Å²) in [6, 6.07) is 16.3. The lowest BCUT2D eigenvalue weighted by Crippen LogP contribution is -2.08. The van der Waals surface area contributed by atoms with Crippen molar-refractivity contribution in [3.63, 3.8) is 0 Å². The standard InChI is InChI=1S/C17H19ClN2/c1-20(2)17-9-5-15(6-10-17)13-19-12-11-14-3-7-16(18)8-4-14/h3-10,13H,11-12H2,1-2H3. The van der Waals surface area contributed by atoms with Gasteiger partial charge in [0.15, 0.2) is 0 Å². The monoisotopic (exact) mass is 286 g/mol. The molecule has 0 spiro atoms. The first-order valence-corrected chi connectivity index (χ1v) is 7.04. The van der Waals surface area contributed by atoms with Crippen molar-refractivity contribution in [2.24, 2.45) is 4.99 Å². The second kappa shape index (κ2) is 7.11. The Balaban J connectivity index is 1.85. The Kier molecular flexibility index (Phi) is 5.19. The number of benzene rings is 2. The molecule has 0 heterocycles. The molecule has 2 rings (SSSR count). The van der Waals surface area contributed by atoms with Crippen LogP contribution < -0.4 is 4.90 Å². The third kappa shape index (κ3) is 4.39. The van der Waals surface area contributed by atoms with E-state index in [1.54, 1.807) is 0 Å². The number of halogens is 1. The molecular formula is C17H19ClN2. The molecule has 0 N–H and O–H groups in total. The minimum absolute atomic E-state index is 0.776. The van der Waals surface area contributed by atoms with E-state index in [9.17, 15) is 0 Å². The number of hydrogen-bond donors (Lipinski definition) is 0. The summed E-state index contributed by atoms with van der Waals surface area (Å²) in [6.07, 6.45) is 2.86. The Morgan fingerprint density at radius 3 is 2.25 bits per heavy atom. The van der Waals surface area contributed by atoms with Crippen molar-refractivity contribution in [2.45, 2.75) is 6.42 Å². The maximum absolute atomic E-state index is 5.85. The molecule has 0 radical (unpaired) electrons. The van der Waals surface area contributed by atoms with Crippen molar-refractivity contribution in [1.82, 2.24) is 0 Å². The van der Waals surface area contributed by atoms with E-state index in [4.69, 9.17) is 11.6 Å². The lowest BCUT2D eigenvalue weighted by Gasteiger charge is -2.11. The zero-order valence-electron chi connectivity index (χ0n) is 11.9. The zero-order chi connectivity index (χ0) is 14.4. The van der Waals surface area contributed by atoms with E-state index >= 15 is 0 Å². The fourth-order valence-electron chi connectivity index (χ4n) is 1.87. The summed E-state index contributed by atoms with van der Waals surface area (Å²) in [7, 11) is 4.07. The molecule has 0 aliphatic rings. The molecule has 0 bridgehead atoms. The largest absolute Gasteiger partial charge is 0.378 e. The fraction of sp³-hybridized carbons (Fsp3) is 0.235. The molecule has 0 unspecified atom stereocenters. The summed E-state index contributed by atoms with van der Waals surface area (Å²) < 4.78 is 0. The summed E-state index contributed by atoms with van der Waals surface area (Å²) in [5, 5.41) is 0.776. The predicted molar refractivity (Wildman–Crippen MR) is 88.4 cm³/mol. The van der Waals surface area contributed by atoms with Gasteiger partial charge in [-0.15, -0.1) is 0 Å². The number of aliphatic imine (C=N–C) groups is 1. The molecule has 0 aromatic heterocycles. The van der Waals surface area contributed by atoms with Gasteiger partial charge in [0.05, 0.1) is 0 Å². The van der Waals surface area contributed by atoms with Crippen LogP contribution in [0.1, 0.15) is 11.1 Å². The van der Waals surface area contributed by atoms with Crippen LogP contribution in [0.2, 0.25) is 5.02 Å². The first-order valence-electron chi connectivity index (χ1n) is 6.67. The van der Waals surface area contributed by atoms with Crippen molar-refractivity contribution < 1.29 is 0 Å². The van der Waals surface area contributed by atoms with Crippen LogP contribution in [-0.4, -0.2) is 26.9 Å². The van der Waals surface area contributed by atoms with E-state index in [-0.39, 0.29) is 0 Å². The summed E-state index contributed by atoms with van der Waals surface area (Å²) in [5.74, 6) is 0. The van der Waals surface area contributed by atoms with Gasteiger partial charge in [-0.2, -0.15) is 0 Å².